The SMILES string of the molecule is CCNC(C(=O)O)C1C2C(CN1CC(C)C)C1CCN2CC1. The molecule has 2 N–H and O–H groups in total. The topological polar surface area (TPSA) is 55.8 Å². The van der Waals surface area contributed by atoms with E-state index in [2.05, 4.69) is 29.0 Å². The summed E-state index contributed by atoms with van der Waals surface area (Å²) in [5, 5.41) is 13.0. The van der Waals surface area contributed by atoms with E-state index in [9.17, 15) is 9.90 Å². The van der Waals surface area contributed by atoms with Crippen molar-refractivity contribution in [3.8, 4) is 0 Å². The van der Waals surface area contributed by atoms with Gasteiger partial charge in [-0.3, -0.25) is 14.6 Å². The molecule has 5 nitrogen and oxygen atoms in total. The monoisotopic (exact) mass is 309 g/mol. The third kappa shape index (κ3) is 2.79. The molecular weight excluding hydrogens is 278 g/mol. The molecule has 4 saturated heterocycles. The number of nitrogens with one attached hydrogen (secondary N) is 1. The summed E-state index contributed by atoms with van der Waals surface area (Å²) in [5.74, 6) is 1.37. The molecule has 0 saturated carbocycles. The number of likely N-dealkylation sites (tertiary alicyclic amines) is 1. The molecule has 0 radical (unpaired) electrons. The van der Waals surface area contributed by atoms with E-state index in [4.69, 9.17) is 0 Å². The minimum absolute atomic E-state index is 0.118. The number of likely N-dealkylation sites (N-methyl/N-ethyl adjacent to an activating group) is 1. The molecule has 0 aliphatic carbocycles. The highest BCUT2D eigenvalue weighted by Crippen LogP contribution is 2.45. The number of hydrogen-bond acceptors (Lipinski definition) is 4. The van der Waals surface area contributed by atoms with Crippen LogP contribution in [0.1, 0.15) is 33.6 Å². The molecule has 126 valence electrons. The van der Waals surface area contributed by atoms with Gasteiger partial charge in [0.15, 0.2) is 0 Å². The third-order valence-electron chi connectivity index (χ3n) is 5.89. The number of hydrogen-bond donors (Lipinski definition) is 2. The van der Waals surface area contributed by atoms with Crippen LogP contribution in [0.15, 0.2) is 0 Å². The molecule has 4 fully saturated rings. The Morgan fingerprint density at radius 3 is 2.55 bits per heavy atom. The summed E-state index contributed by atoms with van der Waals surface area (Å²) < 4.78 is 0. The van der Waals surface area contributed by atoms with E-state index < -0.39 is 12.0 Å². The molecule has 0 aromatic carbocycles. The number of rotatable bonds is 6. The van der Waals surface area contributed by atoms with E-state index in [1.54, 1.807) is 0 Å². The summed E-state index contributed by atoms with van der Waals surface area (Å²) >= 11 is 0. The van der Waals surface area contributed by atoms with Gasteiger partial charge >= 0.3 is 5.97 Å². The Hall–Kier alpha value is -0.650. The third-order valence-corrected chi connectivity index (χ3v) is 5.89. The maximum atomic E-state index is 11.9. The molecule has 4 aliphatic heterocycles. The molecule has 5 heteroatoms. The Morgan fingerprint density at radius 2 is 2.00 bits per heavy atom. The van der Waals surface area contributed by atoms with Crippen LogP contribution in [-0.2, 0) is 4.79 Å². The number of carbonyl (C=O) groups is 1. The lowest BCUT2D eigenvalue weighted by atomic mass is 9.73. The van der Waals surface area contributed by atoms with Gasteiger partial charge in [0, 0.05) is 19.1 Å². The predicted molar refractivity (Wildman–Crippen MR) is 86.9 cm³/mol. The second-order valence-electron chi connectivity index (χ2n) is 7.74. The van der Waals surface area contributed by atoms with Gasteiger partial charge in [-0.1, -0.05) is 20.8 Å². The highest BCUT2D eigenvalue weighted by Gasteiger charge is 2.55. The Bertz CT molecular complexity index is 407. The summed E-state index contributed by atoms with van der Waals surface area (Å²) in [6.45, 7) is 11.6. The molecule has 22 heavy (non-hydrogen) atoms. The van der Waals surface area contributed by atoms with Crippen LogP contribution in [0.25, 0.3) is 0 Å². The van der Waals surface area contributed by atoms with E-state index in [0.29, 0.717) is 24.4 Å². The summed E-state index contributed by atoms with van der Waals surface area (Å²) in [5.41, 5.74) is 0. The molecule has 4 rings (SSSR count). The van der Waals surface area contributed by atoms with E-state index in [1.165, 1.54) is 12.8 Å². The van der Waals surface area contributed by atoms with Gasteiger partial charge in [-0.2, -0.15) is 0 Å². The van der Waals surface area contributed by atoms with Crippen LogP contribution in [0.4, 0.5) is 0 Å². The number of fused-ring (bicyclic) bond motifs is 2. The largest absolute Gasteiger partial charge is 0.480 e. The number of piperidine rings is 3. The van der Waals surface area contributed by atoms with Crippen molar-refractivity contribution < 1.29 is 9.90 Å². The first-order valence-corrected chi connectivity index (χ1v) is 8.97. The Labute approximate surface area is 134 Å². The van der Waals surface area contributed by atoms with Gasteiger partial charge in [0.25, 0.3) is 0 Å². The Balaban J connectivity index is 1.88. The molecule has 4 heterocycles. The summed E-state index contributed by atoms with van der Waals surface area (Å²) in [6.07, 6.45) is 2.62. The first kappa shape index (κ1) is 16.2. The predicted octanol–water partition coefficient (Wildman–Crippen LogP) is 1.10. The van der Waals surface area contributed by atoms with Gasteiger partial charge < -0.3 is 10.4 Å². The van der Waals surface area contributed by atoms with Crippen LogP contribution < -0.4 is 5.32 Å². The van der Waals surface area contributed by atoms with Crippen molar-refractivity contribution in [2.45, 2.75) is 51.7 Å². The van der Waals surface area contributed by atoms with Crippen molar-refractivity contribution in [2.75, 3.05) is 32.7 Å². The molecule has 4 atom stereocenters. The van der Waals surface area contributed by atoms with Crippen LogP contribution in [0.3, 0.4) is 0 Å². The lowest BCUT2D eigenvalue weighted by Crippen LogP contribution is -2.63. The molecule has 0 amide bonds. The average molecular weight is 309 g/mol. The van der Waals surface area contributed by atoms with Crippen molar-refractivity contribution >= 4 is 5.97 Å². The van der Waals surface area contributed by atoms with Gasteiger partial charge in [-0.05, 0) is 50.2 Å². The fourth-order valence-corrected chi connectivity index (χ4v) is 5.18. The fraction of sp³-hybridized carbons (Fsp3) is 0.941. The quantitative estimate of drug-likeness (QED) is 0.769. The minimum atomic E-state index is -0.691. The summed E-state index contributed by atoms with van der Waals surface area (Å²) in [6, 6.07) is 0.109. The lowest BCUT2D eigenvalue weighted by molar-refractivity contribution is -0.142. The second-order valence-corrected chi connectivity index (χ2v) is 7.74. The maximum Gasteiger partial charge on any atom is 0.322 e. The van der Waals surface area contributed by atoms with Gasteiger partial charge in [0.05, 0.1) is 6.04 Å². The zero-order valence-corrected chi connectivity index (χ0v) is 14.2. The van der Waals surface area contributed by atoms with E-state index in [1.807, 2.05) is 6.92 Å². The number of aliphatic carboxylic acids is 1. The van der Waals surface area contributed by atoms with Crippen molar-refractivity contribution in [1.29, 1.82) is 0 Å². The van der Waals surface area contributed by atoms with Crippen LogP contribution in [0.2, 0.25) is 0 Å². The van der Waals surface area contributed by atoms with Gasteiger partial charge in [-0.25, -0.2) is 0 Å². The molecule has 4 aliphatic rings. The number of carboxylic acid groups (broad SMARTS) is 1. The Morgan fingerprint density at radius 1 is 1.32 bits per heavy atom. The lowest BCUT2D eigenvalue weighted by Gasteiger charge is -2.50. The maximum absolute atomic E-state index is 11.9. The standard InChI is InChI=1S/C17H31N3O2/c1-4-18-14(17(21)22)16-15-13(10-20(16)9-11(2)3)12-5-7-19(15)8-6-12/h11-16,18H,4-10H2,1-3H3,(H,21,22). The molecule has 0 aromatic heterocycles. The molecule has 4 unspecified atom stereocenters. The van der Waals surface area contributed by atoms with Gasteiger partial charge in [0.1, 0.15) is 6.04 Å². The minimum Gasteiger partial charge on any atom is -0.480 e. The zero-order chi connectivity index (χ0) is 15.9. The first-order chi connectivity index (χ1) is 10.5. The van der Waals surface area contributed by atoms with Crippen molar-refractivity contribution in [3.05, 3.63) is 0 Å². The van der Waals surface area contributed by atoms with Crippen molar-refractivity contribution in [1.82, 2.24) is 15.1 Å². The smallest absolute Gasteiger partial charge is 0.322 e. The molecule has 0 spiro atoms. The first-order valence-electron chi connectivity index (χ1n) is 8.97. The highest BCUT2D eigenvalue weighted by molar-refractivity contribution is 5.74. The van der Waals surface area contributed by atoms with E-state index in [0.717, 1.165) is 32.1 Å². The van der Waals surface area contributed by atoms with E-state index >= 15 is 0 Å². The van der Waals surface area contributed by atoms with Gasteiger partial charge in [-0.15, -0.1) is 0 Å². The van der Waals surface area contributed by atoms with Crippen LogP contribution in [0, 0.1) is 17.8 Å². The van der Waals surface area contributed by atoms with Crippen LogP contribution >= 0.6 is 0 Å². The Kier molecular flexibility index (Phi) is 4.76. The highest BCUT2D eigenvalue weighted by atomic mass is 16.4. The second kappa shape index (κ2) is 6.46. The van der Waals surface area contributed by atoms with Crippen LogP contribution in [0.5, 0.6) is 0 Å². The molecular formula is C17H31N3O2. The van der Waals surface area contributed by atoms with Gasteiger partial charge in [0.2, 0.25) is 0 Å². The summed E-state index contributed by atoms with van der Waals surface area (Å²) in [7, 11) is 0. The van der Waals surface area contributed by atoms with Crippen molar-refractivity contribution in [3.63, 3.8) is 0 Å². The van der Waals surface area contributed by atoms with E-state index in [-0.39, 0.29) is 6.04 Å². The fourth-order valence-electron chi connectivity index (χ4n) is 5.18. The van der Waals surface area contributed by atoms with Crippen LogP contribution in [-0.4, -0.2) is 71.7 Å². The number of carboxylic acids is 1. The molecule has 2 bridgehead atoms. The normalized spacial score (nSPS) is 39.2. The van der Waals surface area contributed by atoms with Crippen molar-refractivity contribution in [2.24, 2.45) is 17.8 Å². The average Bonchev–Trinajstić information content (AvgIpc) is 2.85. The zero-order valence-electron chi connectivity index (χ0n) is 14.2. The number of nitrogens with zero attached hydrogens (tertiary/aromatic N) is 2. The summed E-state index contributed by atoms with van der Waals surface area (Å²) in [4.78, 5) is 17.0. The molecule has 0 aromatic rings.